The lowest BCUT2D eigenvalue weighted by Gasteiger charge is -2.12. The number of furan rings is 1. The number of rotatable bonds is 4. The Bertz CT molecular complexity index is 845. The highest BCUT2D eigenvalue weighted by atomic mass is 32.2. The zero-order valence-corrected chi connectivity index (χ0v) is 15.2. The number of thioether (sulfide) groups is 1. The molecule has 2 aliphatic rings. The molecule has 2 aromatic rings. The Morgan fingerprint density at radius 3 is 2.88 bits per heavy atom. The Morgan fingerprint density at radius 1 is 1.42 bits per heavy atom. The minimum atomic E-state index is -0.0439. The summed E-state index contributed by atoms with van der Waals surface area (Å²) >= 11 is 6.74. The number of aromatic nitrogens is 1. The third-order valence-corrected chi connectivity index (χ3v) is 5.87. The fourth-order valence-electron chi connectivity index (χ4n) is 3.18. The van der Waals surface area contributed by atoms with Crippen molar-refractivity contribution in [3.05, 3.63) is 52.1 Å². The number of hydrogen-bond acceptors (Lipinski definition) is 4. The molecule has 124 valence electrons. The van der Waals surface area contributed by atoms with Crippen molar-refractivity contribution in [2.45, 2.75) is 39.3 Å². The zero-order chi connectivity index (χ0) is 16.8. The molecule has 4 nitrogen and oxygen atoms in total. The van der Waals surface area contributed by atoms with Gasteiger partial charge in [-0.1, -0.05) is 24.0 Å². The Hall–Kier alpha value is -1.79. The quantitative estimate of drug-likeness (QED) is 0.598. The van der Waals surface area contributed by atoms with Crippen LogP contribution in [0.3, 0.4) is 0 Å². The summed E-state index contributed by atoms with van der Waals surface area (Å²) in [7, 11) is 0. The molecular formula is C18H18N2O2S2. The van der Waals surface area contributed by atoms with Crippen molar-refractivity contribution in [3.63, 3.8) is 0 Å². The summed E-state index contributed by atoms with van der Waals surface area (Å²) in [6, 6.07) is 6.47. The molecule has 0 spiro atoms. The van der Waals surface area contributed by atoms with Gasteiger partial charge in [0.1, 0.15) is 10.1 Å². The van der Waals surface area contributed by atoms with E-state index in [-0.39, 0.29) is 5.91 Å². The van der Waals surface area contributed by atoms with E-state index in [1.807, 2.05) is 18.2 Å². The van der Waals surface area contributed by atoms with E-state index in [2.05, 4.69) is 24.5 Å². The van der Waals surface area contributed by atoms with Crippen molar-refractivity contribution in [1.29, 1.82) is 0 Å². The highest BCUT2D eigenvalue weighted by Gasteiger charge is 2.33. The molecule has 3 heterocycles. The maximum Gasteiger partial charge on any atom is 0.266 e. The van der Waals surface area contributed by atoms with Gasteiger partial charge in [0.2, 0.25) is 0 Å². The van der Waals surface area contributed by atoms with E-state index in [1.54, 1.807) is 11.2 Å². The van der Waals surface area contributed by atoms with Gasteiger partial charge in [-0.2, -0.15) is 0 Å². The first-order valence-electron chi connectivity index (χ1n) is 8.01. The lowest BCUT2D eigenvalue weighted by molar-refractivity contribution is -0.122. The van der Waals surface area contributed by atoms with Crippen LogP contribution in [0, 0.1) is 13.8 Å². The molecule has 1 aliphatic carbocycles. The van der Waals surface area contributed by atoms with E-state index in [1.165, 1.54) is 36.0 Å². The highest BCUT2D eigenvalue weighted by Crippen LogP contribution is 2.40. The normalized spacial score (nSPS) is 19.8. The van der Waals surface area contributed by atoms with Crippen LogP contribution in [0.2, 0.25) is 0 Å². The van der Waals surface area contributed by atoms with Crippen molar-refractivity contribution < 1.29 is 9.21 Å². The molecule has 0 bridgehead atoms. The van der Waals surface area contributed by atoms with E-state index in [0.717, 1.165) is 11.3 Å². The SMILES string of the molecule is Cc1cc(/C=C2\SC(=S)N(Cc3ccco3)C2=O)c(C)n1C1CC1. The third kappa shape index (κ3) is 2.74. The molecule has 1 saturated heterocycles. The van der Waals surface area contributed by atoms with Crippen LogP contribution in [-0.2, 0) is 11.3 Å². The van der Waals surface area contributed by atoms with Crippen molar-refractivity contribution >= 4 is 40.3 Å². The summed E-state index contributed by atoms with van der Waals surface area (Å²) < 4.78 is 8.30. The van der Waals surface area contributed by atoms with Crippen molar-refractivity contribution in [2.24, 2.45) is 0 Å². The van der Waals surface area contributed by atoms with Crippen LogP contribution in [0.25, 0.3) is 6.08 Å². The van der Waals surface area contributed by atoms with Gasteiger partial charge in [0, 0.05) is 17.4 Å². The molecule has 1 aliphatic heterocycles. The van der Waals surface area contributed by atoms with E-state index in [4.69, 9.17) is 16.6 Å². The van der Waals surface area contributed by atoms with Gasteiger partial charge in [-0.15, -0.1) is 0 Å². The average molecular weight is 358 g/mol. The van der Waals surface area contributed by atoms with E-state index < -0.39 is 0 Å². The molecule has 4 rings (SSSR count). The second-order valence-corrected chi connectivity index (χ2v) is 7.95. The van der Waals surface area contributed by atoms with Gasteiger partial charge in [-0.3, -0.25) is 9.69 Å². The van der Waals surface area contributed by atoms with Crippen LogP contribution in [-0.4, -0.2) is 19.7 Å². The topological polar surface area (TPSA) is 38.4 Å². The molecule has 1 saturated carbocycles. The van der Waals surface area contributed by atoms with Gasteiger partial charge >= 0.3 is 0 Å². The van der Waals surface area contributed by atoms with Gasteiger partial charge in [0.15, 0.2) is 0 Å². The zero-order valence-electron chi connectivity index (χ0n) is 13.6. The average Bonchev–Trinajstić information content (AvgIpc) is 3.06. The first kappa shape index (κ1) is 15.7. The second-order valence-electron chi connectivity index (χ2n) is 6.27. The molecule has 2 aromatic heterocycles. The molecule has 24 heavy (non-hydrogen) atoms. The summed E-state index contributed by atoms with van der Waals surface area (Å²) in [6.45, 7) is 4.64. The number of nitrogens with zero attached hydrogens (tertiary/aromatic N) is 2. The van der Waals surface area contributed by atoms with Crippen LogP contribution in [0.15, 0.2) is 33.8 Å². The number of thiocarbonyl (C=S) groups is 1. The molecule has 0 atom stereocenters. The smallest absolute Gasteiger partial charge is 0.266 e. The van der Waals surface area contributed by atoms with Crippen LogP contribution in [0.4, 0.5) is 0 Å². The predicted molar refractivity (Wildman–Crippen MR) is 99.6 cm³/mol. The largest absolute Gasteiger partial charge is 0.467 e. The number of hydrogen-bond donors (Lipinski definition) is 0. The molecule has 0 unspecified atom stereocenters. The summed E-state index contributed by atoms with van der Waals surface area (Å²) in [6.07, 6.45) is 6.08. The lowest BCUT2D eigenvalue weighted by atomic mass is 10.2. The van der Waals surface area contributed by atoms with Crippen LogP contribution in [0.1, 0.15) is 41.6 Å². The summed E-state index contributed by atoms with van der Waals surface area (Å²) in [5, 5.41) is 0. The van der Waals surface area contributed by atoms with Crippen molar-refractivity contribution in [1.82, 2.24) is 9.47 Å². The minimum absolute atomic E-state index is 0.0439. The van der Waals surface area contributed by atoms with Gasteiger partial charge in [-0.05, 0) is 56.5 Å². The van der Waals surface area contributed by atoms with Gasteiger partial charge in [0.25, 0.3) is 5.91 Å². The first-order valence-corrected chi connectivity index (χ1v) is 9.23. The number of carbonyl (C=O) groups excluding carboxylic acids is 1. The van der Waals surface area contributed by atoms with Gasteiger partial charge < -0.3 is 8.98 Å². The molecular weight excluding hydrogens is 340 g/mol. The Balaban J connectivity index is 1.60. The van der Waals surface area contributed by atoms with Crippen LogP contribution in [0.5, 0.6) is 0 Å². The standard InChI is InChI=1S/C18H18N2O2S2/c1-11-8-13(12(2)20(11)14-5-6-14)9-16-17(21)19(18(23)24-16)10-15-4-3-7-22-15/h3-4,7-9,14H,5-6,10H2,1-2H3/b16-9-. The third-order valence-electron chi connectivity index (χ3n) is 4.49. The first-order chi connectivity index (χ1) is 11.5. The molecule has 0 aromatic carbocycles. The van der Waals surface area contributed by atoms with Crippen molar-refractivity contribution in [3.8, 4) is 0 Å². The maximum atomic E-state index is 12.7. The van der Waals surface area contributed by atoms with E-state index >= 15 is 0 Å². The fourth-order valence-corrected chi connectivity index (χ4v) is 4.43. The van der Waals surface area contributed by atoms with E-state index in [0.29, 0.717) is 21.8 Å². The second kappa shape index (κ2) is 5.93. The molecule has 6 heteroatoms. The van der Waals surface area contributed by atoms with Crippen molar-refractivity contribution in [2.75, 3.05) is 0 Å². The summed E-state index contributed by atoms with van der Waals surface area (Å²) in [4.78, 5) is 15.0. The monoisotopic (exact) mass is 358 g/mol. The maximum absolute atomic E-state index is 12.7. The van der Waals surface area contributed by atoms with Crippen LogP contribution < -0.4 is 0 Å². The summed E-state index contributed by atoms with van der Waals surface area (Å²) in [5.41, 5.74) is 3.59. The molecule has 0 N–H and O–H groups in total. The summed E-state index contributed by atoms with van der Waals surface area (Å²) in [5.74, 6) is 0.692. The Morgan fingerprint density at radius 2 is 2.21 bits per heavy atom. The molecule has 1 amide bonds. The highest BCUT2D eigenvalue weighted by molar-refractivity contribution is 8.26. The number of carbonyl (C=O) groups is 1. The number of aryl methyl sites for hydroxylation is 1. The molecule has 2 fully saturated rings. The minimum Gasteiger partial charge on any atom is -0.467 e. The predicted octanol–water partition coefficient (Wildman–Crippen LogP) is 4.43. The van der Waals surface area contributed by atoms with Crippen LogP contribution >= 0.6 is 24.0 Å². The lowest BCUT2D eigenvalue weighted by Crippen LogP contribution is -2.27. The van der Waals surface area contributed by atoms with E-state index in [9.17, 15) is 4.79 Å². The number of amides is 1. The molecule has 0 radical (unpaired) electrons. The van der Waals surface area contributed by atoms with Gasteiger partial charge in [-0.25, -0.2) is 0 Å². The van der Waals surface area contributed by atoms with Gasteiger partial charge in [0.05, 0.1) is 17.7 Å². The Kier molecular flexibility index (Phi) is 3.89. The Labute approximate surface area is 150 Å². The fraction of sp³-hybridized carbons (Fsp3) is 0.333.